The highest BCUT2D eigenvalue weighted by Gasteiger charge is 2.52. The monoisotopic (exact) mass is 333 g/mol. The van der Waals surface area contributed by atoms with Crippen molar-refractivity contribution < 1.29 is 14.1 Å². The fourth-order valence-corrected chi connectivity index (χ4v) is 3.26. The molecule has 6 nitrogen and oxygen atoms in total. The average molecular weight is 333 g/mol. The zero-order chi connectivity index (χ0) is 17.5. The van der Waals surface area contributed by atoms with Crippen LogP contribution in [0, 0.1) is 0 Å². The molecule has 7 heteroatoms. The standard InChI is InChI=1S/C17H28BN3O3/c1-6-15(22)20-9-7-14(8-10-20)21-12-13(11-19-21)18-23-16(2,3)17(4,5)24-18/h11-12,14H,6-10H2,1-5H3. The van der Waals surface area contributed by atoms with Crippen LogP contribution in [0.4, 0.5) is 0 Å². The Kier molecular flexibility index (Phi) is 4.51. The molecule has 2 aliphatic heterocycles. The lowest BCUT2D eigenvalue weighted by Crippen LogP contribution is -2.41. The summed E-state index contributed by atoms with van der Waals surface area (Å²) in [6.07, 6.45) is 6.33. The Bertz CT molecular complexity index is 590. The van der Waals surface area contributed by atoms with E-state index >= 15 is 0 Å². The van der Waals surface area contributed by atoms with Gasteiger partial charge in [0.1, 0.15) is 0 Å². The van der Waals surface area contributed by atoms with Crippen molar-refractivity contribution in [3.05, 3.63) is 12.4 Å². The molecule has 1 amide bonds. The second-order valence-electron chi connectivity index (χ2n) is 7.81. The summed E-state index contributed by atoms with van der Waals surface area (Å²) in [5.41, 5.74) is 0.276. The Hall–Kier alpha value is -1.34. The third-order valence-corrected chi connectivity index (χ3v) is 5.64. The van der Waals surface area contributed by atoms with Gasteiger partial charge in [0.15, 0.2) is 0 Å². The quantitative estimate of drug-likeness (QED) is 0.791. The first-order chi connectivity index (χ1) is 11.2. The van der Waals surface area contributed by atoms with Crippen molar-refractivity contribution in [3.63, 3.8) is 0 Å². The van der Waals surface area contributed by atoms with Crippen molar-refractivity contribution in [1.29, 1.82) is 0 Å². The predicted molar refractivity (Wildman–Crippen MR) is 93.1 cm³/mol. The topological polar surface area (TPSA) is 56.6 Å². The molecule has 0 N–H and O–H groups in total. The average Bonchev–Trinajstić information content (AvgIpc) is 3.10. The Morgan fingerprint density at radius 1 is 1.25 bits per heavy atom. The third-order valence-electron chi connectivity index (χ3n) is 5.64. The molecule has 3 rings (SSSR count). The number of likely N-dealkylation sites (tertiary alicyclic amines) is 1. The van der Waals surface area contributed by atoms with E-state index < -0.39 is 0 Å². The maximum atomic E-state index is 11.8. The second-order valence-corrected chi connectivity index (χ2v) is 7.81. The minimum absolute atomic E-state index is 0.242. The van der Waals surface area contributed by atoms with E-state index in [1.165, 1.54) is 0 Å². The molecule has 24 heavy (non-hydrogen) atoms. The summed E-state index contributed by atoms with van der Waals surface area (Å²) < 4.78 is 14.2. The number of hydrogen-bond acceptors (Lipinski definition) is 4. The maximum Gasteiger partial charge on any atom is 0.498 e. The minimum atomic E-state index is -0.370. The molecule has 2 fully saturated rings. The SMILES string of the molecule is CCC(=O)N1CCC(n2cc(B3OC(C)(C)C(C)(C)O3)cn2)CC1. The largest absolute Gasteiger partial charge is 0.498 e. The van der Waals surface area contributed by atoms with Gasteiger partial charge in [-0.1, -0.05) is 6.92 Å². The summed E-state index contributed by atoms with van der Waals surface area (Å²) >= 11 is 0. The van der Waals surface area contributed by atoms with E-state index in [1.54, 1.807) is 0 Å². The van der Waals surface area contributed by atoms with E-state index in [0.29, 0.717) is 12.5 Å². The molecule has 1 aromatic rings. The van der Waals surface area contributed by atoms with Gasteiger partial charge in [0.05, 0.1) is 17.2 Å². The van der Waals surface area contributed by atoms with Gasteiger partial charge in [0.2, 0.25) is 5.91 Å². The van der Waals surface area contributed by atoms with Crippen LogP contribution in [0.25, 0.3) is 0 Å². The van der Waals surface area contributed by atoms with Crippen LogP contribution in [-0.4, -0.2) is 52.0 Å². The number of aromatic nitrogens is 2. The van der Waals surface area contributed by atoms with Crippen molar-refractivity contribution in [2.75, 3.05) is 13.1 Å². The van der Waals surface area contributed by atoms with Crippen LogP contribution in [0.15, 0.2) is 12.4 Å². The van der Waals surface area contributed by atoms with Gasteiger partial charge < -0.3 is 14.2 Å². The minimum Gasteiger partial charge on any atom is -0.399 e. The summed E-state index contributed by atoms with van der Waals surface area (Å²) in [5.74, 6) is 0.242. The zero-order valence-corrected chi connectivity index (χ0v) is 15.4. The van der Waals surface area contributed by atoms with Crippen LogP contribution in [-0.2, 0) is 14.1 Å². The molecular formula is C17H28BN3O3. The predicted octanol–water partition coefficient (Wildman–Crippen LogP) is 1.76. The van der Waals surface area contributed by atoms with E-state index in [1.807, 2.05) is 28.9 Å². The van der Waals surface area contributed by atoms with Crippen molar-refractivity contribution >= 4 is 18.5 Å². The highest BCUT2D eigenvalue weighted by Crippen LogP contribution is 2.36. The number of amides is 1. The van der Waals surface area contributed by atoms with Crippen LogP contribution < -0.4 is 5.46 Å². The number of hydrogen-bond donors (Lipinski definition) is 0. The number of carbonyl (C=O) groups is 1. The van der Waals surface area contributed by atoms with E-state index in [-0.39, 0.29) is 24.2 Å². The van der Waals surface area contributed by atoms with E-state index in [0.717, 1.165) is 31.4 Å². The molecule has 0 aromatic carbocycles. The number of nitrogens with zero attached hydrogens (tertiary/aromatic N) is 3. The van der Waals surface area contributed by atoms with E-state index in [9.17, 15) is 4.79 Å². The molecule has 2 saturated heterocycles. The van der Waals surface area contributed by atoms with Gasteiger partial charge in [0, 0.05) is 37.4 Å². The van der Waals surface area contributed by atoms with Crippen LogP contribution in [0.3, 0.4) is 0 Å². The van der Waals surface area contributed by atoms with E-state index in [2.05, 4.69) is 32.8 Å². The van der Waals surface area contributed by atoms with Gasteiger partial charge in [-0.15, -0.1) is 0 Å². The fourth-order valence-electron chi connectivity index (χ4n) is 3.26. The van der Waals surface area contributed by atoms with Gasteiger partial charge in [-0.2, -0.15) is 5.10 Å². The fraction of sp³-hybridized carbons (Fsp3) is 0.765. The molecule has 0 aliphatic carbocycles. The van der Waals surface area contributed by atoms with Gasteiger partial charge in [-0.3, -0.25) is 9.48 Å². The molecule has 3 heterocycles. The van der Waals surface area contributed by atoms with Crippen molar-refractivity contribution in [3.8, 4) is 0 Å². The smallest absolute Gasteiger partial charge is 0.399 e. The van der Waals surface area contributed by atoms with Crippen LogP contribution in [0.2, 0.25) is 0 Å². The van der Waals surface area contributed by atoms with Gasteiger partial charge in [-0.05, 0) is 40.5 Å². The molecule has 0 atom stereocenters. The first-order valence-corrected chi connectivity index (χ1v) is 8.91. The summed E-state index contributed by atoms with van der Waals surface area (Å²) in [6, 6.07) is 0.335. The van der Waals surface area contributed by atoms with Crippen molar-refractivity contribution in [2.45, 2.75) is 71.1 Å². The lowest BCUT2D eigenvalue weighted by Gasteiger charge is -2.32. The zero-order valence-electron chi connectivity index (χ0n) is 15.4. The Labute approximate surface area is 144 Å². The summed E-state index contributed by atoms with van der Waals surface area (Å²) in [4.78, 5) is 13.7. The third kappa shape index (κ3) is 3.11. The van der Waals surface area contributed by atoms with Crippen molar-refractivity contribution in [2.24, 2.45) is 0 Å². The molecule has 0 saturated carbocycles. The number of rotatable bonds is 3. The lowest BCUT2D eigenvalue weighted by molar-refractivity contribution is -0.132. The van der Waals surface area contributed by atoms with Gasteiger partial charge in [0.25, 0.3) is 0 Å². The Morgan fingerprint density at radius 2 is 1.83 bits per heavy atom. The molecule has 0 bridgehead atoms. The molecule has 0 unspecified atom stereocenters. The molecule has 0 spiro atoms. The molecule has 2 aliphatic rings. The number of piperidine rings is 1. The molecule has 0 radical (unpaired) electrons. The lowest BCUT2D eigenvalue weighted by atomic mass is 9.82. The highest BCUT2D eigenvalue weighted by molar-refractivity contribution is 6.62. The first-order valence-electron chi connectivity index (χ1n) is 8.91. The van der Waals surface area contributed by atoms with E-state index in [4.69, 9.17) is 9.31 Å². The Balaban J connectivity index is 1.64. The normalized spacial score (nSPS) is 23.7. The van der Waals surface area contributed by atoms with Gasteiger partial charge >= 0.3 is 7.12 Å². The van der Waals surface area contributed by atoms with Crippen LogP contribution in [0.1, 0.15) is 59.9 Å². The van der Waals surface area contributed by atoms with Crippen LogP contribution >= 0.6 is 0 Å². The van der Waals surface area contributed by atoms with Crippen molar-refractivity contribution in [1.82, 2.24) is 14.7 Å². The highest BCUT2D eigenvalue weighted by atomic mass is 16.7. The second kappa shape index (κ2) is 6.19. The summed E-state index contributed by atoms with van der Waals surface area (Å²) in [6.45, 7) is 11.7. The number of carbonyl (C=O) groups excluding carboxylic acids is 1. The molecular weight excluding hydrogens is 305 g/mol. The van der Waals surface area contributed by atoms with Gasteiger partial charge in [-0.25, -0.2) is 0 Å². The maximum absolute atomic E-state index is 11.8. The summed E-state index contributed by atoms with van der Waals surface area (Å²) in [5, 5.41) is 4.52. The molecule has 132 valence electrons. The molecule has 1 aromatic heterocycles. The summed E-state index contributed by atoms with van der Waals surface area (Å²) in [7, 11) is -0.370. The first kappa shape index (κ1) is 17.5. The van der Waals surface area contributed by atoms with Crippen LogP contribution in [0.5, 0.6) is 0 Å². The Morgan fingerprint density at radius 3 is 2.38 bits per heavy atom.